The van der Waals surface area contributed by atoms with Crippen LogP contribution in [0.4, 0.5) is 0 Å². The highest BCUT2D eigenvalue weighted by Crippen LogP contribution is 2.15. The predicted molar refractivity (Wildman–Crippen MR) is 81.8 cm³/mol. The molecule has 2 aromatic rings. The Labute approximate surface area is 122 Å². The Morgan fingerprint density at radius 1 is 1.30 bits per heavy atom. The third-order valence-corrected chi connectivity index (χ3v) is 2.95. The molecule has 0 atom stereocenters. The maximum atomic E-state index is 12.4. The molecule has 0 aliphatic carbocycles. The lowest BCUT2D eigenvalue weighted by molar-refractivity contribution is 0.529. The SMILES string of the molecule is CC(C)(C)c1n[nH]c(=S)n(N=Cc2ccccc2)c1=O. The van der Waals surface area contributed by atoms with Crippen molar-refractivity contribution in [3.63, 3.8) is 0 Å². The molecule has 0 amide bonds. The molecular formula is C14H16N4OS. The van der Waals surface area contributed by atoms with Crippen LogP contribution in [0.25, 0.3) is 0 Å². The number of nitrogens with zero attached hydrogens (tertiary/aromatic N) is 3. The van der Waals surface area contributed by atoms with Crippen molar-refractivity contribution in [1.29, 1.82) is 0 Å². The first-order valence-corrected chi connectivity index (χ1v) is 6.62. The molecule has 0 unspecified atom stereocenters. The lowest BCUT2D eigenvalue weighted by atomic mass is 9.93. The third kappa shape index (κ3) is 3.08. The Morgan fingerprint density at radius 2 is 1.95 bits per heavy atom. The maximum Gasteiger partial charge on any atom is 0.297 e. The third-order valence-electron chi connectivity index (χ3n) is 2.68. The Hall–Kier alpha value is -2.08. The Bertz CT molecular complexity index is 738. The van der Waals surface area contributed by atoms with Crippen LogP contribution in [-0.2, 0) is 5.41 Å². The van der Waals surface area contributed by atoms with Crippen molar-refractivity contribution in [3.05, 3.63) is 56.7 Å². The van der Waals surface area contributed by atoms with E-state index in [2.05, 4.69) is 15.3 Å². The monoisotopic (exact) mass is 288 g/mol. The fourth-order valence-corrected chi connectivity index (χ4v) is 1.82. The molecule has 1 heterocycles. The van der Waals surface area contributed by atoms with Gasteiger partial charge in [0.25, 0.3) is 5.56 Å². The fraction of sp³-hybridized carbons (Fsp3) is 0.286. The van der Waals surface area contributed by atoms with Crippen molar-refractivity contribution < 1.29 is 0 Å². The zero-order valence-electron chi connectivity index (χ0n) is 11.6. The van der Waals surface area contributed by atoms with Crippen molar-refractivity contribution in [2.75, 3.05) is 0 Å². The quantitative estimate of drug-likeness (QED) is 0.682. The lowest BCUT2D eigenvalue weighted by Gasteiger charge is -2.16. The second-order valence-corrected chi connectivity index (χ2v) is 5.79. The summed E-state index contributed by atoms with van der Waals surface area (Å²) in [5.74, 6) is 0. The van der Waals surface area contributed by atoms with E-state index in [1.165, 1.54) is 0 Å². The molecule has 1 aromatic carbocycles. The van der Waals surface area contributed by atoms with Gasteiger partial charge in [-0.05, 0) is 17.8 Å². The highest BCUT2D eigenvalue weighted by Gasteiger charge is 2.21. The van der Waals surface area contributed by atoms with Crippen LogP contribution in [0.5, 0.6) is 0 Å². The zero-order chi connectivity index (χ0) is 14.8. The van der Waals surface area contributed by atoms with Gasteiger partial charge in [0.05, 0.1) is 6.21 Å². The van der Waals surface area contributed by atoms with Crippen LogP contribution in [-0.4, -0.2) is 21.1 Å². The van der Waals surface area contributed by atoms with Crippen molar-refractivity contribution in [2.24, 2.45) is 5.10 Å². The van der Waals surface area contributed by atoms with Crippen molar-refractivity contribution in [1.82, 2.24) is 14.9 Å². The molecule has 1 N–H and O–H groups in total. The number of nitrogens with one attached hydrogen (secondary N) is 1. The summed E-state index contributed by atoms with van der Waals surface area (Å²) >= 11 is 5.07. The van der Waals surface area contributed by atoms with E-state index in [9.17, 15) is 4.79 Å². The van der Waals surface area contributed by atoms with Crippen LogP contribution >= 0.6 is 12.2 Å². The van der Waals surface area contributed by atoms with Gasteiger partial charge in [0, 0.05) is 5.41 Å². The summed E-state index contributed by atoms with van der Waals surface area (Å²) in [6.07, 6.45) is 1.59. The van der Waals surface area contributed by atoms with E-state index in [0.717, 1.165) is 10.2 Å². The van der Waals surface area contributed by atoms with Crippen molar-refractivity contribution in [2.45, 2.75) is 26.2 Å². The zero-order valence-corrected chi connectivity index (χ0v) is 12.4. The van der Waals surface area contributed by atoms with Gasteiger partial charge in [-0.25, -0.2) is 0 Å². The molecule has 0 saturated carbocycles. The minimum Gasteiger partial charge on any atom is -0.265 e. The van der Waals surface area contributed by atoms with Crippen LogP contribution < -0.4 is 5.56 Å². The summed E-state index contributed by atoms with van der Waals surface area (Å²) in [6, 6.07) is 9.51. The highest BCUT2D eigenvalue weighted by atomic mass is 32.1. The number of aromatic nitrogens is 3. The molecule has 0 fully saturated rings. The second-order valence-electron chi connectivity index (χ2n) is 5.40. The van der Waals surface area contributed by atoms with E-state index < -0.39 is 0 Å². The first-order valence-electron chi connectivity index (χ1n) is 6.21. The van der Waals surface area contributed by atoms with Crippen molar-refractivity contribution in [3.8, 4) is 0 Å². The highest BCUT2D eigenvalue weighted by molar-refractivity contribution is 7.71. The van der Waals surface area contributed by atoms with E-state index in [4.69, 9.17) is 12.2 Å². The first-order chi connectivity index (χ1) is 9.39. The molecule has 0 bridgehead atoms. The second kappa shape index (κ2) is 5.50. The molecule has 0 aliphatic rings. The summed E-state index contributed by atoms with van der Waals surface area (Å²) < 4.78 is 1.34. The van der Waals surface area contributed by atoms with Crippen LogP contribution in [0.1, 0.15) is 32.0 Å². The van der Waals surface area contributed by atoms with Gasteiger partial charge in [-0.3, -0.25) is 9.89 Å². The van der Waals surface area contributed by atoms with Gasteiger partial charge >= 0.3 is 0 Å². The fourth-order valence-electron chi connectivity index (χ4n) is 1.65. The molecule has 0 spiro atoms. The van der Waals surface area contributed by atoms with Gasteiger partial charge in [-0.2, -0.15) is 14.9 Å². The van der Waals surface area contributed by atoms with Gasteiger partial charge in [-0.1, -0.05) is 51.1 Å². The average Bonchev–Trinajstić information content (AvgIpc) is 2.38. The molecule has 104 valence electrons. The number of aromatic amines is 1. The average molecular weight is 288 g/mol. The number of hydrogen-bond acceptors (Lipinski definition) is 4. The Kier molecular flexibility index (Phi) is 3.94. The Morgan fingerprint density at radius 3 is 2.55 bits per heavy atom. The van der Waals surface area contributed by atoms with Crippen LogP contribution in [0.2, 0.25) is 0 Å². The topological polar surface area (TPSA) is 63.0 Å². The van der Waals surface area contributed by atoms with E-state index in [1.54, 1.807) is 6.21 Å². The minimum absolute atomic E-state index is 0.176. The smallest absolute Gasteiger partial charge is 0.265 e. The molecule has 0 saturated heterocycles. The summed E-state index contributed by atoms with van der Waals surface area (Å²) in [5, 5.41) is 10.8. The van der Waals surface area contributed by atoms with Gasteiger partial charge in [0.1, 0.15) is 5.69 Å². The van der Waals surface area contributed by atoms with Crippen molar-refractivity contribution >= 4 is 18.4 Å². The number of benzene rings is 1. The molecule has 20 heavy (non-hydrogen) atoms. The summed E-state index contributed by atoms with van der Waals surface area (Å²) in [5.41, 5.74) is 0.619. The van der Waals surface area contributed by atoms with Gasteiger partial charge in [-0.15, -0.1) is 0 Å². The van der Waals surface area contributed by atoms with Gasteiger partial charge in [0.2, 0.25) is 4.77 Å². The molecule has 2 rings (SSSR count). The molecule has 0 radical (unpaired) electrons. The summed E-state index contributed by atoms with van der Waals surface area (Å²) in [4.78, 5) is 12.4. The maximum absolute atomic E-state index is 12.4. The Balaban J connectivity index is 2.50. The summed E-state index contributed by atoms with van der Waals surface area (Å²) in [6.45, 7) is 5.75. The molecule has 6 heteroatoms. The first kappa shape index (κ1) is 14.3. The predicted octanol–water partition coefficient (Wildman–Crippen LogP) is 2.48. The van der Waals surface area contributed by atoms with E-state index in [1.807, 2.05) is 51.1 Å². The van der Waals surface area contributed by atoms with Crippen LogP contribution in [0.3, 0.4) is 0 Å². The number of hydrogen-bond donors (Lipinski definition) is 1. The molecule has 0 aliphatic heterocycles. The molecular weight excluding hydrogens is 272 g/mol. The van der Waals surface area contributed by atoms with Gasteiger partial charge < -0.3 is 0 Å². The van der Waals surface area contributed by atoms with Crippen LogP contribution in [0, 0.1) is 4.77 Å². The minimum atomic E-state index is -0.374. The number of rotatable bonds is 2. The van der Waals surface area contributed by atoms with E-state index in [-0.39, 0.29) is 15.7 Å². The lowest BCUT2D eigenvalue weighted by Crippen LogP contribution is -2.32. The summed E-state index contributed by atoms with van der Waals surface area (Å²) in [7, 11) is 0. The van der Waals surface area contributed by atoms with Gasteiger partial charge in [0.15, 0.2) is 0 Å². The van der Waals surface area contributed by atoms with E-state index >= 15 is 0 Å². The molecule has 5 nitrogen and oxygen atoms in total. The number of H-pyrrole nitrogens is 1. The largest absolute Gasteiger partial charge is 0.297 e. The van der Waals surface area contributed by atoms with Crippen LogP contribution in [0.15, 0.2) is 40.2 Å². The van der Waals surface area contributed by atoms with E-state index in [0.29, 0.717) is 5.69 Å². The normalized spacial score (nSPS) is 11.9. The standard InChI is InChI=1S/C14H16N4OS/c1-14(2,3)11-12(19)18(13(20)17-16-11)15-9-10-7-5-4-6-8-10/h4-9H,1-3H3,(H,17,20). The molecule has 1 aromatic heterocycles.